The number of ether oxygens (including phenoxy) is 1. The summed E-state index contributed by atoms with van der Waals surface area (Å²) < 4.78 is 23.3. The minimum Gasteiger partial charge on any atom is -0.374 e. The van der Waals surface area contributed by atoms with Gasteiger partial charge in [0.2, 0.25) is 0 Å². The summed E-state index contributed by atoms with van der Waals surface area (Å²) in [5.41, 5.74) is 0. The fourth-order valence-corrected chi connectivity index (χ4v) is 6.00. The summed E-state index contributed by atoms with van der Waals surface area (Å²) in [4.78, 5) is 0. The number of fused-ring (bicyclic) bond motifs is 1. The average Bonchev–Trinajstić information content (AvgIpc) is 3.18. The lowest BCUT2D eigenvalue weighted by atomic mass is 9.86. The Balaban J connectivity index is 1.74. The van der Waals surface area contributed by atoms with Gasteiger partial charge in [0.05, 0.1) is 12.2 Å². The van der Waals surface area contributed by atoms with Gasteiger partial charge in [-0.3, -0.25) is 0 Å². The number of hydrogen-bond donors (Lipinski definition) is 0. The predicted octanol–water partition coefficient (Wildman–Crippen LogP) is 3.38. The molecular formula is C15H30O4Si. The molecule has 1 aliphatic heterocycles. The Morgan fingerprint density at radius 1 is 0.950 bits per heavy atom. The third-order valence-corrected chi connectivity index (χ3v) is 7.45. The van der Waals surface area contributed by atoms with Crippen molar-refractivity contribution >= 4 is 8.80 Å². The highest BCUT2D eigenvalue weighted by atomic mass is 28.4. The van der Waals surface area contributed by atoms with E-state index in [2.05, 4.69) is 0 Å². The van der Waals surface area contributed by atoms with E-state index in [4.69, 9.17) is 18.0 Å². The molecule has 1 aliphatic carbocycles. The zero-order valence-electron chi connectivity index (χ0n) is 13.2. The maximum absolute atomic E-state index is 5.90. The lowest BCUT2D eigenvalue weighted by Gasteiger charge is -2.29. The van der Waals surface area contributed by atoms with Crippen molar-refractivity contribution in [2.75, 3.05) is 19.8 Å². The van der Waals surface area contributed by atoms with E-state index < -0.39 is 8.80 Å². The van der Waals surface area contributed by atoms with Crippen LogP contribution in [0.2, 0.25) is 6.04 Å². The molecule has 1 saturated carbocycles. The first kappa shape index (κ1) is 16.4. The summed E-state index contributed by atoms with van der Waals surface area (Å²) in [6.07, 6.45) is 7.45. The van der Waals surface area contributed by atoms with Crippen molar-refractivity contribution in [3.8, 4) is 0 Å². The third-order valence-electron chi connectivity index (χ3n) is 4.30. The van der Waals surface area contributed by atoms with Gasteiger partial charge < -0.3 is 18.0 Å². The van der Waals surface area contributed by atoms with Crippen molar-refractivity contribution in [3.05, 3.63) is 0 Å². The molecule has 0 spiro atoms. The largest absolute Gasteiger partial charge is 0.500 e. The van der Waals surface area contributed by atoms with Gasteiger partial charge in [0.15, 0.2) is 0 Å². The second kappa shape index (κ2) is 7.89. The van der Waals surface area contributed by atoms with E-state index in [9.17, 15) is 0 Å². The number of epoxide rings is 1. The van der Waals surface area contributed by atoms with Crippen molar-refractivity contribution < 1.29 is 18.0 Å². The maximum atomic E-state index is 5.90. The summed E-state index contributed by atoms with van der Waals surface area (Å²) in [5, 5.41) is 0. The SMILES string of the molecule is CCO[Si](CCCC1CCC2OC2C1)(OCC)OCC. The van der Waals surface area contributed by atoms with Crippen LogP contribution in [0.5, 0.6) is 0 Å². The Morgan fingerprint density at radius 2 is 1.60 bits per heavy atom. The van der Waals surface area contributed by atoms with Gasteiger partial charge in [-0.1, -0.05) is 6.42 Å². The van der Waals surface area contributed by atoms with Crippen LogP contribution >= 0.6 is 0 Å². The molecule has 0 bridgehead atoms. The number of rotatable bonds is 10. The molecule has 0 aromatic rings. The van der Waals surface area contributed by atoms with Crippen molar-refractivity contribution in [3.63, 3.8) is 0 Å². The van der Waals surface area contributed by atoms with Crippen molar-refractivity contribution in [1.29, 1.82) is 0 Å². The minimum absolute atomic E-state index is 0.585. The molecule has 1 heterocycles. The van der Waals surface area contributed by atoms with Crippen LogP contribution in [0.4, 0.5) is 0 Å². The zero-order chi connectivity index (χ0) is 14.4. The zero-order valence-corrected chi connectivity index (χ0v) is 14.2. The summed E-state index contributed by atoms with van der Waals surface area (Å²) in [7, 11) is -2.42. The maximum Gasteiger partial charge on any atom is 0.500 e. The van der Waals surface area contributed by atoms with E-state index >= 15 is 0 Å². The topological polar surface area (TPSA) is 40.2 Å². The normalized spacial score (nSPS) is 29.2. The van der Waals surface area contributed by atoms with Gasteiger partial charge in [-0.05, 0) is 52.4 Å². The first-order chi connectivity index (χ1) is 9.73. The molecule has 3 atom stereocenters. The van der Waals surface area contributed by atoms with Crippen LogP contribution in [-0.2, 0) is 18.0 Å². The molecule has 0 aromatic carbocycles. The molecule has 2 fully saturated rings. The Kier molecular flexibility index (Phi) is 6.48. The quantitative estimate of drug-likeness (QED) is 0.458. The molecule has 0 aromatic heterocycles. The van der Waals surface area contributed by atoms with Gasteiger partial charge in [-0.2, -0.15) is 0 Å². The van der Waals surface area contributed by atoms with Crippen LogP contribution in [-0.4, -0.2) is 40.8 Å². The minimum atomic E-state index is -2.42. The molecule has 0 amide bonds. The second-order valence-corrected chi connectivity index (χ2v) is 8.50. The molecule has 5 heteroatoms. The van der Waals surface area contributed by atoms with Gasteiger partial charge in [0, 0.05) is 25.9 Å². The summed E-state index contributed by atoms with van der Waals surface area (Å²) in [5.74, 6) is 0.829. The molecule has 20 heavy (non-hydrogen) atoms. The van der Waals surface area contributed by atoms with Gasteiger partial charge in [-0.25, -0.2) is 0 Å². The molecule has 2 aliphatic rings. The Hall–Kier alpha value is 0.0569. The molecule has 1 saturated heterocycles. The van der Waals surface area contributed by atoms with Gasteiger partial charge >= 0.3 is 8.80 Å². The van der Waals surface area contributed by atoms with E-state index in [1.165, 1.54) is 25.7 Å². The fraction of sp³-hybridized carbons (Fsp3) is 1.00. The lowest BCUT2D eigenvalue weighted by molar-refractivity contribution is 0.0702. The van der Waals surface area contributed by atoms with Crippen molar-refractivity contribution in [2.24, 2.45) is 5.92 Å². The van der Waals surface area contributed by atoms with Crippen LogP contribution in [0, 0.1) is 5.92 Å². The van der Waals surface area contributed by atoms with E-state index in [-0.39, 0.29) is 0 Å². The van der Waals surface area contributed by atoms with Crippen molar-refractivity contribution in [1.82, 2.24) is 0 Å². The predicted molar refractivity (Wildman–Crippen MR) is 80.7 cm³/mol. The first-order valence-electron chi connectivity index (χ1n) is 8.30. The molecule has 118 valence electrons. The van der Waals surface area contributed by atoms with Gasteiger partial charge in [0.1, 0.15) is 0 Å². The molecule has 4 nitrogen and oxygen atoms in total. The van der Waals surface area contributed by atoms with E-state index in [0.29, 0.717) is 32.0 Å². The van der Waals surface area contributed by atoms with Gasteiger partial charge in [-0.15, -0.1) is 0 Å². The summed E-state index contributed by atoms with van der Waals surface area (Å²) in [6, 6.07) is 0.952. The monoisotopic (exact) mass is 302 g/mol. The smallest absolute Gasteiger partial charge is 0.374 e. The van der Waals surface area contributed by atoms with Crippen LogP contribution < -0.4 is 0 Å². The van der Waals surface area contributed by atoms with Crippen LogP contribution in [0.15, 0.2) is 0 Å². The Bertz CT molecular complexity index is 270. The molecule has 0 radical (unpaired) electrons. The summed E-state index contributed by atoms with van der Waals surface area (Å²) >= 11 is 0. The Morgan fingerprint density at radius 3 is 2.15 bits per heavy atom. The average molecular weight is 302 g/mol. The first-order valence-corrected chi connectivity index (χ1v) is 10.2. The molecule has 2 rings (SSSR count). The number of hydrogen-bond acceptors (Lipinski definition) is 4. The van der Waals surface area contributed by atoms with Crippen LogP contribution in [0.25, 0.3) is 0 Å². The highest BCUT2D eigenvalue weighted by Crippen LogP contribution is 2.41. The van der Waals surface area contributed by atoms with Crippen molar-refractivity contribution in [2.45, 2.75) is 71.1 Å². The van der Waals surface area contributed by atoms with Crippen LogP contribution in [0.1, 0.15) is 52.9 Å². The standard InChI is InChI=1S/C15H30O4Si/c1-4-16-20(17-5-2,18-6-3)11-7-8-13-9-10-14-15(12-13)19-14/h13-15H,4-12H2,1-3H3. The second-order valence-electron chi connectivity index (χ2n) is 5.77. The Labute approximate surface area is 124 Å². The lowest BCUT2D eigenvalue weighted by Crippen LogP contribution is -2.46. The fourth-order valence-electron chi connectivity index (χ4n) is 3.36. The highest BCUT2D eigenvalue weighted by molar-refractivity contribution is 6.60. The van der Waals surface area contributed by atoms with E-state index in [0.717, 1.165) is 18.4 Å². The summed E-state index contributed by atoms with van der Waals surface area (Å²) in [6.45, 7) is 8.08. The van der Waals surface area contributed by atoms with E-state index in [1.54, 1.807) is 0 Å². The highest BCUT2D eigenvalue weighted by Gasteiger charge is 2.44. The van der Waals surface area contributed by atoms with E-state index in [1.807, 2.05) is 20.8 Å². The molecule has 0 N–H and O–H groups in total. The van der Waals surface area contributed by atoms with Gasteiger partial charge in [0.25, 0.3) is 0 Å². The molecular weight excluding hydrogens is 272 g/mol. The van der Waals surface area contributed by atoms with Crippen LogP contribution in [0.3, 0.4) is 0 Å². The third kappa shape index (κ3) is 4.53. The molecule has 3 unspecified atom stereocenters.